The average molecular weight is 477 g/mol. The van der Waals surface area contributed by atoms with Crippen LogP contribution in [0.25, 0.3) is 17.3 Å². The van der Waals surface area contributed by atoms with Gasteiger partial charge in [0.05, 0.1) is 12.0 Å². The van der Waals surface area contributed by atoms with Gasteiger partial charge in [0.2, 0.25) is 11.7 Å². The zero-order chi connectivity index (χ0) is 23.3. The second-order valence-electron chi connectivity index (χ2n) is 7.63. The Balaban J connectivity index is 1.32. The summed E-state index contributed by atoms with van der Waals surface area (Å²) >= 11 is 1.36. The van der Waals surface area contributed by atoms with Crippen LogP contribution in [0.2, 0.25) is 0 Å². The Kier molecular flexibility index (Phi) is 6.53. The molecule has 0 radical (unpaired) electrons. The van der Waals surface area contributed by atoms with Crippen molar-refractivity contribution in [1.82, 2.24) is 19.7 Å². The van der Waals surface area contributed by atoms with Crippen LogP contribution in [0.15, 0.2) is 76.5 Å². The fraction of sp³-hybridized carbons (Fsp3) is 0.240. The van der Waals surface area contributed by atoms with Crippen molar-refractivity contribution in [3.05, 3.63) is 72.5 Å². The number of nitrogens with zero attached hydrogens (tertiary/aromatic N) is 4. The highest BCUT2D eigenvalue weighted by Crippen LogP contribution is 2.32. The molecular formula is C25H24N4O4S. The lowest BCUT2D eigenvalue weighted by Crippen LogP contribution is -2.31. The number of ether oxygens (including phenoxy) is 2. The molecule has 2 aromatic carbocycles. The van der Waals surface area contributed by atoms with Gasteiger partial charge in [0.15, 0.2) is 22.4 Å². The van der Waals surface area contributed by atoms with Crippen LogP contribution in [0, 0.1) is 0 Å². The molecule has 0 aliphatic carbocycles. The third kappa shape index (κ3) is 4.65. The fourth-order valence-electron chi connectivity index (χ4n) is 3.74. The van der Waals surface area contributed by atoms with E-state index >= 15 is 0 Å². The Labute approximate surface area is 201 Å². The van der Waals surface area contributed by atoms with E-state index in [1.165, 1.54) is 11.8 Å². The van der Waals surface area contributed by atoms with E-state index in [1.54, 1.807) is 6.26 Å². The topological polar surface area (TPSA) is 82.6 Å². The van der Waals surface area contributed by atoms with E-state index in [2.05, 4.69) is 10.2 Å². The zero-order valence-corrected chi connectivity index (χ0v) is 19.5. The molecule has 4 aromatic rings. The van der Waals surface area contributed by atoms with Crippen molar-refractivity contribution in [2.24, 2.45) is 0 Å². The Bertz CT molecular complexity index is 1260. The van der Waals surface area contributed by atoms with Crippen molar-refractivity contribution in [2.75, 3.05) is 25.5 Å². The summed E-state index contributed by atoms with van der Waals surface area (Å²) in [6.07, 6.45) is 1.60. The molecule has 0 spiro atoms. The zero-order valence-electron chi connectivity index (χ0n) is 18.7. The van der Waals surface area contributed by atoms with Gasteiger partial charge in [0, 0.05) is 18.8 Å². The summed E-state index contributed by atoms with van der Waals surface area (Å²) in [5.74, 6) is 2.93. The first-order chi connectivity index (χ1) is 16.7. The monoisotopic (exact) mass is 476 g/mol. The van der Waals surface area contributed by atoms with Gasteiger partial charge in [-0.15, -0.1) is 10.2 Å². The van der Waals surface area contributed by atoms with Gasteiger partial charge in [0.1, 0.15) is 13.2 Å². The predicted molar refractivity (Wildman–Crippen MR) is 128 cm³/mol. The first kappa shape index (κ1) is 22.1. The summed E-state index contributed by atoms with van der Waals surface area (Å²) in [5.41, 5.74) is 1.90. The maximum Gasteiger partial charge on any atom is 0.233 e. The van der Waals surface area contributed by atoms with Gasteiger partial charge in [-0.3, -0.25) is 9.36 Å². The summed E-state index contributed by atoms with van der Waals surface area (Å²) in [6, 6.07) is 19.3. The average Bonchev–Trinajstić information content (AvgIpc) is 3.56. The number of rotatable bonds is 8. The highest BCUT2D eigenvalue weighted by atomic mass is 32.2. The number of fused-ring (bicyclic) bond motifs is 1. The van der Waals surface area contributed by atoms with Gasteiger partial charge in [0.25, 0.3) is 0 Å². The molecular weight excluding hydrogens is 452 g/mol. The Morgan fingerprint density at radius 3 is 2.62 bits per heavy atom. The summed E-state index contributed by atoms with van der Waals surface area (Å²) in [5, 5.41) is 9.31. The Hall–Kier alpha value is -3.72. The predicted octanol–water partition coefficient (Wildman–Crippen LogP) is 4.44. The van der Waals surface area contributed by atoms with Crippen LogP contribution in [0.5, 0.6) is 11.5 Å². The molecule has 1 amide bonds. The van der Waals surface area contributed by atoms with E-state index in [9.17, 15) is 4.79 Å². The molecule has 8 nitrogen and oxygen atoms in total. The molecule has 2 aromatic heterocycles. The van der Waals surface area contributed by atoms with Crippen LogP contribution in [0.4, 0.5) is 0 Å². The molecule has 0 saturated carbocycles. The number of hydrogen-bond acceptors (Lipinski definition) is 7. The highest BCUT2D eigenvalue weighted by Gasteiger charge is 2.21. The van der Waals surface area contributed by atoms with Crippen molar-refractivity contribution >= 4 is 17.7 Å². The van der Waals surface area contributed by atoms with E-state index in [4.69, 9.17) is 13.9 Å². The summed E-state index contributed by atoms with van der Waals surface area (Å²) < 4.78 is 18.7. The molecule has 9 heteroatoms. The third-order valence-electron chi connectivity index (χ3n) is 5.43. The molecule has 0 unspecified atom stereocenters. The molecule has 0 fully saturated rings. The molecule has 34 heavy (non-hydrogen) atoms. The molecule has 1 aliphatic rings. The maximum atomic E-state index is 13.1. The number of benzene rings is 2. The van der Waals surface area contributed by atoms with E-state index in [0.717, 1.165) is 22.7 Å². The van der Waals surface area contributed by atoms with Crippen LogP contribution in [0.3, 0.4) is 0 Å². The van der Waals surface area contributed by atoms with E-state index in [1.807, 2.05) is 77.1 Å². The van der Waals surface area contributed by atoms with E-state index < -0.39 is 0 Å². The van der Waals surface area contributed by atoms with Crippen molar-refractivity contribution in [1.29, 1.82) is 0 Å². The third-order valence-corrected chi connectivity index (χ3v) is 6.34. The van der Waals surface area contributed by atoms with Gasteiger partial charge < -0.3 is 18.8 Å². The Morgan fingerprint density at radius 2 is 1.85 bits per heavy atom. The second-order valence-corrected chi connectivity index (χ2v) is 8.57. The first-order valence-corrected chi connectivity index (χ1v) is 12.1. The number of thioether (sulfide) groups is 1. The van der Waals surface area contributed by atoms with Crippen LogP contribution in [0.1, 0.15) is 12.5 Å². The normalized spacial score (nSPS) is 12.5. The summed E-state index contributed by atoms with van der Waals surface area (Å²) in [7, 11) is 0. The maximum absolute atomic E-state index is 13.1. The smallest absolute Gasteiger partial charge is 0.233 e. The van der Waals surface area contributed by atoms with Gasteiger partial charge >= 0.3 is 0 Å². The minimum absolute atomic E-state index is 0.0181. The van der Waals surface area contributed by atoms with Crippen molar-refractivity contribution in [3.63, 3.8) is 0 Å². The molecule has 0 saturated heterocycles. The first-order valence-electron chi connectivity index (χ1n) is 11.1. The number of furan rings is 1. The molecule has 174 valence electrons. The molecule has 0 N–H and O–H groups in total. The number of amides is 1. The molecule has 3 heterocycles. The number of para-hydroxylation sites is 1. The Morgan fingerprint density at radius 1 is 1.03 bits per heavy atom. The lowest BCUT2D eigenvalue weighted by molar-refractivity contribution is -0.128. The van der Waals surface area contributed by atoms with E-state index in [-0.39, 0.29) is 11.7 Å². The van der Waals surface area contributed by atoms with Crippen molar-refractivity contribution in [3.8, 4) is 28.8 Å². The summed E-state index contributed by atoms with van der Waals surface area (Å²) in [6.45, 7) is 4.15. The van der Waals surface area contributed by atoms with Crippen LogP contribution < -0.4 is 9.47 Å². The number of carbonyl (C=O) groups excluding carboxylic acids is 1. The number of aromatic nitrogens is 3. The number of carbonyl (C=O) groups is 1. The number of hydrogen-bond donors (Lipinski definition) is 0. The van der Waals surface area contributed by atoms with Gasteiger partial charge in [-0.05, 0) is 48.9 Å². The van der Waals surface area contributed by atoms with Crippen LogP contribution in [-0.4, -0.2) is 51.1 Å². The van der Waals surface area contributed by atoms with Crippen LogP contribution >= 0.6 is 11.8 Å². The fourth-order valence-corrected chi connectivity index (χ4v) is 4.59. The molecule has 1 aliphatic heterocycles. The van der Waals surface area contributed by atoms with Crippen LogP contribution in [-0.2, 0) is 11.3 Å². The van der Waals surface area contributed by atoms with Gasteiger partial charge in [-0.25, -0.2) is 0 Å². The van der Waals surface area contributed by atoms with E-state index in [0.29, 0.717) is 43.0 Å². The minimum Gasteiger partial charge on any atom is -0.486 e. The van der Waals surface area contributed by atoms with Gasteiger partial charge in [-0.2, -0.15) is 0 Å². The van der Waals surface area contributed by atoms with Gasteiger partial charge in [-0.1, -0.05) is 36.0 Å². The molecule has 0 bridgehead atoms. The SMILES string of the molecule is CCN(Cc1ccc2c(c1)OCCO2)C(=O)CSc1nnc(-c2ccco2)n1-c1ccccc1. The standard InChI is InChI=1S/C25H24N4O4S/c1-2-28(16-18-10-11-20-22(15-18)33-14-13-32-20)23(30)17-34-25-27-26-24(21-9-6-12-31-21)29(25)19-7-4-3-5-8-19/h3-12,15H,2,13-14,16-17H2,1H3. The summed E-state index contributed by atoms with van der Waals surface area (Å²) in [4.78, 5) is 14.9. The lowest BCUT2D eigenvalue weighted by atomic mass is 10.2. The lowest BCUT2D eigenvalue weighted by Gasteiger charge is -2.23. The molecule has 0 atom stereocenters. The second kappa shape index (κ2) is 10.0. The highest BCUT2D eigenvalue weighted by molar-refractivity contribution is 7.99. The minimum atomic E-state index is 0.0181. The quantitative estimate of drug-likeness (QED) is 0.348. The molecule has 5 rings (SSSR count). The van der Waals surface area contributed by atoms with Crippen molar-refractivity contribution < 1.29 is 18.7 Å². The van der Waals surface area contributed by atoms with Crippen molar-refractivity contribution in [2.45, 2.75) is 18.6 Å². The largest absolute Gasteiger partial charge is 0.486 e.